The van der Waals surface area contributed by atoms with Crippen LogP contribution >= 0.6 is 10.7 Å². The molecule has 1 aliphatic heterocycles. The Bertz CT molecular complexity index is 523. The van der Waals surface area contributed by atoms with E-state index in [-0.39, 0.29) is 11.3 Å². The van der Waals surface area contributed by atoms with Gasteiger partial charge in [-0.1, -0.05) is 0 Å². The van der Waals surface area contributed by atoms with Gasteiger partial charge in [0.25, 0.3) is 14.2 Å². The van der Waals surface area contributed by atoms with Crippen molar-refractivity contribution in [3.05, 3.63) is 5.82 Å². The highest BCUT2D eigenvalue weighted by Gasteiger charge is 2.22. The summed E-state index contributed by atoms with van der Waals surface area (Å²) in [5.74, 6) is 0.649. The van der Waals surface area contributed by atoms with Crippen LogP contribution in [0.25, 0.3) is 0 Å². The van der Waals surface area contributed by atoms with Crippen molar-refractivity contribution in [2.24, 2.45) is 0 Å². The average Bonchev–Trinajstić information content (AvgIpc) is 2.80. The van der Waals surface area contributed by atoms with Gasteiger partial charge in [0.05, 0.1) is 6.10 Å². The first kappa shape index (κ1) is 14.7. The van der Waals surface area contributed by atoms with Crippen LogP contribution in [0, 0.1) is 0 Å². The summed E-state index contributed by atoms with van der Waals surface area (Å²) in [6.45, 7) is 3.14. The zero-order valence-electron chi connectivity index (χ0n) is 10.9. The normalized spacial score (nSPS) is 20.6. The molecule has 1 aromatic heterocycles. The number of rotatable bonds is 5. The Kier molecular flexibility index (Phi) is 4.81. The van der Waals surface area contributed by atoms with E-state index in [1.807, 2.05) is 6.92 Å². The molecule has 0 N–H and O–H groups in total. The third kappa shape index (κ3) is 3.67. The number of halogens is 1. The monoisotopic (exact) mass is 307 g/mol. The third-order valence-corrected chi connectivity index (χ3v) is 4.44. The van der Waals surface area contributed by atoms with Gasteiger partial charge in [-0.05, 0) is 32.6 Å². The van der Waals surface area contributed by atoms with Crippen LogP contribution in [0.3, 0.4) is 0 Å². The molecule has 0 bridgehead atoms. The number of hydrogen-bond donors (Lipinski definition) is 0. The number of nitrogens with zero attached hydrogens (tertiary/aromatic N) is 3. The first-order valence-corrected chi connectivity index (χ1v) is 8.81. The zero-order valence-corrected chi connectivity index (χ0v) is 12.5. The van der Waals surface area contributed by atoms with Crippen LogP contribution in [0.1, 0.15) is 38.4 Å². The summed E-state index contributed by atoms with van der Waals surface area (Å²) < 4.78 is 29.9. The van der Waals surface area contributed by atoms with E-state index in [2.05, 4.69) is 10.2 Å². The van der Waals surface area contributed by atoms with Crippen molar-refractivity contribution in [2.75, 3.05) is 6.61 Å². The van der Waals surface area contributed by atoms with Gasteiger partial charge in [-0.15, -0.1) is 10.2 Å². The number of ether oxygens (including phenoxy) is 1. The van der Waals surface area contributed by atoms with Crippen molar-refractivity contribution in [1.29, 1.82) is 0 Å². The highest BCUT2D eigenvalue weighted by Crippen LogP contribution is 2.19. The van der Waals surface area contributed by atoms with Gasteiger partial charge in [-0.2, -0.15) is 0 Å². The average molecular weight is 308 g/mol. The SMILES string of the molecule is CCn1c(CCC2CCCCO2)nnc1S(=O)(=O)Cl. The second kappa shape index (κ2) is 6.19. The number of aromatic nitrogens is 3. The quantitative estimate of drug-likeness (QED) is 0.774. The van der Waals surface area contributed by atoms with Gasteiger partial charge in [-0.25, -0.2) is 8.42 Å². The Hall–Kier alpha value is -0.660. The predicted octanol–water partition coefficient (Wildman–Crippen LogP) is 1.73. The highest BCUT2D eigenvalue weighted by molar-refractivity contribution is 8.13. The fourth-order valence-electron chi connectivity index (χ4n) is 2.33. The second-order valence-electron chi connectivity index (χ2n) is 4.61. The van der Waals surface area contributed by atoms with Crippen LogP contribution < -0.4 is 0 Å². The smallest absolute Gasteiger partial charge is 0.296 e. The van der Waals surface area contributed by atoms with Gasteiger partial charge in [0.2, 0.25) is 0 Å². The minimum absolute atomic E-state index is 0.170. The van der Waals surface area contributed by atoms with Crippen molar-refractivity contribution in [1.82, 2.24) is 14.8 Å². The summed E-state index contributed by atoms with van der Waals surface area (Å²) in [6, 6.07) is 0. The fraction of sp³-hybridized carbons (Fsp3) is 0.818. The maximum absolute atomic E-state index is 11.3. The van der Waals surface area contributed by atoms with Crippen molar-refractivity contribution in [3.8, 4) is 0 Å². The predicted molar refractivity (Wildman–Crippen MR) is 70.6 cm³/mol. The summed E-state index contributed by atoms with van der Waals surface area (Å²) in [7, 11) is 1.49. The zero-order chi connectivity index (χ0) is 13.9. The van der Waals surface area contributed by atoms with E-state index >= 15 is 0 Å². The summed E-state index contributed by atoms with van der Waals surface area (Å²) in [4.78, 5) is 0. The Labute approximate surface area is 117 Å². The summed E-state index contributed by atoms with van der Waals surface area (Å²) in [5.41, 5.74) is 0. The second-order valence-corrected chi connectivity index (χ2v) is 7.07. The molecule has 0 radical (unpaired) electrons. The minimum atomic E-state index is -3.84. The molecule has 1 aliphatic rings. The van der Waals surface area contributed by atoms with E-state index < -0.39 is 9.05 Å². The number of hydrogen-bond acceptors (Lipinski definition) is 5. The number of aryl methyl sites for hydroxylation is 1. The van der Waals surface area contributed by atoms with Crippen molar-refractivity contribution >= 4 is 19.7 Å². The van der Waals surface area contributed by atoms with Gasteiger partial charge >= 0.3 is 0 Å². The van der Waals surface area contributed by atoms with Crippen molar-refractivity contribution < 1.29 is 13.2 Å². The summed E-state index contributed by atoms with van der Waals surface area (Å²) in [6.07, 6.45) is 5.09. The van der Waals surface area contributed by atoms with Gasteiger partial charge in [0.15, 0.2) is 0 Å². The molecule has 0 spiro atoms. The van der Waals surface area contributed by atoms with Gasteiger partial charge < -0.3 is 9.30 Å². The summed E-state index contributed by atoms with van der Waals surface area (Å²) >= 11 is 0. The maximum atomic E-state index is 11.3. The third-order valence-electron chi connectivity index (χ3n) is 3.29. The fourth-order valence-corrected chi connectivity index (χ4v) is 3.31. The molecule has 108 valence electrons. The van der Waals surface area contributed by atoms with Crippen LogP contribution in [0.5, 0.6) is 0 Å². The van der Waals surface area contributed by atoms with Crippen molar-refractivity contribution in [2.45, 2.75) is 56.8 Å². The highest BCUT2D eigenvalue weighted by atomic mass is 35.7. The van der Waals surface area contributed by atoms with E-state index in [0.717, 1.165) is 25.9 Å². The molecule has 1 fully saturated rings. The topological polar surface area (TPSA) is 74.1 Å². The minimum Gasteiger partial charge on any atom is -0.378 e. The lowest BCUT2D eigenvalue weighted by Crippen LogP contribution is -2.20. The molecule has 8 heteroatoms. The molecule has 2 heterocycles. The maximum Gasteiger partial charge on any atom is 0.296 e. The standard InChI is InChI=1S/C11H18ClN3O3S/c1-2-15-10(13-14-11(15)19(12,16)17)7-6-9-5-3-4-8-18-9/h9H,2-8H2,1H3. The van der Waals surface area contributed by atoms with E-state index in [1.165, 1.54) is 6.42 Å². The lowest BCUT2D eigenvalue weighted by atomic mass is 10.0. The molecular formula is C11H18ClN3O3S. The molecule has 2 rings (SSSR count). The Morgan fingerprint density at radius 1 is 1.42 bits per heavy atom. The van der Waals surface area contributed by atoms with Crippen LogP contribution in [-0.4, -0.2) is 35.9 Å². The van der Waals surface area contributed by atoms with Crippen LogP contribution in [0.15, 0.2) is 5.16 Å². The Balaban J connectivity index is 2.06. The van der Waals surface area contributed by atoms with E-state index in [1.54, 1.807) is 4.57 Å². The lowest BCUT2D eigenvalue weighted by Gasteiger charge is -2.22. The molecule has 0 saturated carbocycles. The van der Waals surface area contributed by atoms with E-state index in [4.69, 9.17) is 15.4 Å². The molecule has 1 unspecified atom stereocenters. The van der Waals surface area contributed by atoms with Crippen LogP contribution in [-0.2, 0) is 26.8 Å². The molecule has 0 amide bonds. The van der Waals surface area contributed by atoms with E-state index in [0.29, 0.717) is 18.8 Å². The van der Waals surface area contributed by atoms with Gasteiger partial charge in [0, 0.05) is 30.3 Å². The largest absolute Gasteiger partial charge is 0.378 e. The molecule has 19 heavy (non-hydrogen) atoms. The molecule has 0 aliphatic carbocycles. The molecule has 1 aromatic rings. The molecule has 1 atom stereocenters. The first-order chi connectivity index (χ1) is 9.02. The molecule has 0 aromatic carbocycles. The Morgan fingerprint density at radius 3 is 2.79 bits per heavy atom. The molecule has 1 saturated heterocycles. The van der Waals surface area contributed by atoms with Gasteiger partial charge in [0.1, 0.15) is 5.82 Å². The molecular weight excluding hydrogens is 290 g/mol. The first-order valence-electron chi connectivity index (χ1n) is 6.50. The molecule has 6 nitrogen and oxygen atoms in total. The summed E-state index contributed by atoms with van der Waals surface area (Å²) in [5, 5.41) is 7.44. The van der Waals surface area contributed by atoms with E-state index in [9.17, 15) is 8.42 Å². The van der Waals surface area contributed by atoms with Gasteiger partial charge in [-0.3, -0.25) is 0 Å². The van der Waals surface area contributed by atoms with Crippen LogP contribution in [0.4, 0.5) is 0 Å². The van der Waals surface area contributed by atoms with Crippen molar-refractivity contribution in [3.63, 3.8) is 0 Å². The van der Waals surface area contributed by atoms with Crippen LogP contribution in [0.2, 0.25) is 0 Å². The lowest BCUT2D eigenvalue weighted by molar-refractivity contribution is 0.0111. The Morgan fingerprint density at radius 2 is 2.21 bits per heavy atom.